The Kier molecular flexibility index (Phi) is 7.72. The topological polar surface area (TPSA) is 53.0 Å². The van der Waals surface area contributed by atoms with Crippen LogP contribution in [0.15, 0.2) is 18.2 Å². The second-order valence-electron chi connectivity index (χ2n) is 7.16. The number of aliphatic carboxylic acids is 1. The third-order valence-corrected chi connectivity index (χ3v) is 5.07. The van der Waals surface area contributed by atoms with Gasteiger partial charge in [0, 0.05) is 12.6 Å². The zero-order chi connectivity index (χ0) is 18.2. The third kappa shape index (κ3) is 6.33. The number of ether oxygens (including phenoxy) is 1. The van der Waals surface area contributed by atoms with Crippen LogP contribution in [0.2, 0.25) is 0 Å². The zero-order valence-corrected chi connectivity index (χ0v) is 15.8. The van der Waals surface area contributed by atoms with Crippen molar-refractivity contribution in [1.82, 2.24) is 9.80 Å². The molecule has 0 aromatic heterocycles. The fourth-order valence-electron chi connectivity index (χ4n) is 3.63. The summed E-state index contributed by atoms with van der Waals surface area (Å²) in [6.07, 6.45) is 4.27. The monoisotopic (exact) mass is 348 g/mol. The van der Waals surface area contributed by atoms with Crippen molar-refractivity contribution >= 4 is 5.97 Å². The number of nitrogens with zero attached hydrogens (tertiary/aromatic N) is 2. The first-order valence-corrected chi connectivity index (χ1v) is 9.30. The quantitative estimate of drug-likeness (QED) is 0.732. The maximum atomic E-state index is 10.9. The van der Waals surface area contributed by atoms with Gasteiger partial charge in [0.25, 0.3) is 0 Å². The molecule has 0 saturated carbocycles. The van der Waals surface area contributed by atoms with Gasteiger partial charge in [0.15, 0.2) is 0 Å². The summed E-state index contributed by atoms with van der Waals surface area (Å²) in [5.74, 6) is 0.279. The number of carbonyl (C=O) groups is 1. The van der Waals surface area contributed by atoms with Crippen LogP contribution in [0.1, 0.15) is 36.8 Å². The number of carboxylic acids is 1. The highest BCUT2D eigenvalue weighted by molar-refractivity contribution is 5.69. The Hall–Kier alpha value is -1.59. The lowest BCUT2D eigenvalue weighted by molar-refractivity contribution is -0.138. The van der Waals surface area contributed by atoms with Crippen molar-refractivity contribution in [2.75, 3.05) is 39.8 Å². The largest absolute Gasteiger partial charge is 0.493 e. The number of hydrogen-bond acceptors (Lipinski definition) is 4. The number of aryl methyl sites for hydroxylation is 2. The van der Waals surface area contributed by atoms with Crippen LogP contribution in [0.25, 0.3) is 0 Å². The van der Waals surface area contributed by atoms with E-state index in [1.54, 1.807) is 0 Å². The Bertz CT molecular complexity index is 542. The van der Waals surface area contributed by atoms with Gasteiger partial charge in [-0.25, -0.2) is 0 Å². The smallest absolute Gasteiger partial charge is 0.317 e. The molecule has 1 aromatic rings. The molecule has 25 heavy (non-hydrogen) atoms. The van der Waals surface area contributed by atoms with E-state index in [-0.39, 0.29) is 6.54 Å². The summed E-state index contributed by atoms with van der Waals surface area (Å²) in [5.41, 5.74) is 2.39. The molecule has 1 fully saturated rings. The maximum absolute atomic E-state index is 10.9. The van der Waals surface area contributed by atoms with Crippen LogP contribution in [0.3, 0.4) is 0 Å². The van der Waals surface area contributed by atoms with Crippen LogP contribution < -0.4 is 4.74 Å². The van der Waals surface area contributed by atoms with Crippen molar-refractivity contribution in [3.63, 3.8) is 0 Å². The lowest BCUT2D eigenvalue weighted by Crippen LogP contribution is -2.36. The second-order valence-corrected chi connectivity index (χ2v) is 7.16. The average Bonchev–Trinajstić information content (AvgIpc) is 2.79. The molecule has 1 aliphatic rings. The van der Waals surface area contributed by atoms with Crippen molar-refractivity contribution < 1.29 is 14.6 Å². The molecule has 140 valence electrons. The number of likely N-dealkylation sites (tertiary alicyclic amines) is 1. The molecule has 0 radical (unpaired) electrons. The average molecular weight is 348 g/mol. The molecular formula is C20H32N2O3. The van der Waals surface area contributed by atoms with E-state index in [1.165, 1.54) is 11.1 Å². The van der Waals surface area contributed by atoms with Crippen molar-refractivity contribution in [2.45, 2.75) is 45.6 Å². The molecule has 0 amide bonds. The SMILES string of the molecule is Cc1cccc(C)c1OCCCN1CCCC(N(C)CC(=O)O)CC1. The molecule has 0 spiro atoms. The molecule has 0 bridgehead atoms. The van der Waals surface area contributed by atoms with Crippen molar-refractivity contribution in [2.24, 2.45) is 0 Å². The van der Waals surface area contributed by atoms with Gasteiger partial charge in [-0.2, -0.15) is 0 Å². The molecule has 2 rings (SSSR count). The van der Waals surface area contributed by atoms with Gasteiger partial charge >= 0.3 is 5.97 Å². The summed E-state index contributed by atoms with van der Waals surface area (Å²) in [6, 6.07) is 6.62. The number of benzene rings is 1. The third-order valence-electron chi connectivity index (χ3n) is 5.07. The van der Waals surface area contributed by atoms with Crippen molar-refractivity contribution in [3.8, 4) is 5.75 Å². The predicted molar refractivity (Wildman–Crippen MR) is 100 cm³/mol. The Morgan fingerprint density at radius 1 is 1.28 bits per heavy atom. The number of likely N-dealkylation sites (N-methyl/N-ethyl adjacent to an activating group) is 1. The Morgan fingerprint density at radius 2 is 2.00 bits per heavy atom. The molecule has 0 aliphatic carbocycles. The molecule has 1 aliphatic heterocycles. The van der Waals surface area contributed by atoms with E-state index in [2.05, 4.69) is 36.9 Å². The fourth-order valence-corrected chi connectivity index (χ4v) is 3.63. The fraction of sp³-hybridized carbons (Fsp3) is 0.650. The lowest BCUT2D eigenvalue weighted by Gasteiger charge is -2.25. The second kappa shape index (κ2) is 9.78. The van der Waals surface area contributed by atoms with E-state index in [4.69, 9.17) is 9.84 Å². The predicted octanol–water partition coefficient (Wildman–Crippen LogP) is 2.94. The highest BCUT2D eigenvalue weighted by Gasteiger charge is 2.21. The Labute approximate surface area is 151 Å². The Balaban J connectivity index is 1.71. The molecule has 1 aromatic carbocycles. The van der Waals surface area contributed by atoms with Crippen LogP contribution in [0.4, 0.5) is 0 Å². The minimum absolute atomic E-state index is 0.133. The zero-order valence-electron chi connectivity index (χ0n) is 15.8. The van der Waals surface area contributed by atoms with Crippen molar-refractivity contribution in [3.05, 3.63) is 29.3 Å². The first-order valence-electron chi connectivity index (χ1n) is 9.30. The number of para-hydroxylation sites is 1. The molecular weight excluding hydrogens is 316 g/mol. The standard InChI is InChI=1S/C20H32N2O3/c1-16-7-4-8-17(2)20(16)25-14-6-12-22-11-5-9-18(10-13-22)21(3)15-19(23)24/h4,7-8,18H,5-6,9-15H2,1-3H3,(H,23,24). The summed E-state index contributed by atoms with van der Waals surface area (Å²) < 4.78 is 5.99. The summed E-state index contributed by atoms with van der Waals surface area (Å²) >= 11 is 0. The van der Waals surface area contributed by atoms with E-state index in [1.807, 2.05) is 11.9 Å². The lowest BCUT2D eigenvalue weighted by atomic mass is 10.1. The number of hydrogen-bond donors (Lipinski definition) is 1. The molecule has 1 heterocycles. The van der Waals surface area contributed by atoms with Gasteiger partial charge in [0.2, 0.25) is 0 Å². The van der Waals surface area contributed by atoms with Gasteiger partial charge in [-0.15, -0.1) is 0 Å². The summed E-state index contributed by atoms with van der Waals surface area (Å²) in [7, 11) is 1.92. The van der Waals surface area contributed by atoms with Crippen LogP contribution in [-0.4, -0.2) is 66.8 Å². The van der Waals surface area contributed by atoms with Gasteiger partial charge in [-0.1, -0.05) is 18.2 Å². The van der Waals surface area contributed by atoms with E-state index in [9.17, 15) is 4.79 Å². The van der Waals surface area contributed by atoms with Crippen LogP contribution in [-0.2, 0) is 4.79 Å². The van der Waals surface area contributed by atoms with E-state index < -0.39 is 5.97 Å². The minimum atomic E-state index is -0.743. The van der Waals surface area contributed by atoms with Gasteiger partial charge < -0.3 is 14.7 Å². The molecule has 1 saturated heterocycles. The van der Waals surface area contributed by atoms with Gasteiger partial charge in [-0.3, -0.25) is 9.69 Å². The maximum Gasteiger partial charge on any atom is 0.317 e. The van der Waals surface area contributed by atoms with E-state index in [0.717, 1.165) is 57.7 Å². The molecule has 1 atom stereocenters. The number of rotatable bonds is 8. The molecule has 1 N–H and O–H groups in total. The van der Waals surface area contributed by atoms with Crippen LogP contribution >= 0.6 is 0 Å². The summed E-state index contributed by atoms with van der Waals surface area (Å²) in [5, 5.41) is 8.95. The number of carboxylic acid groups (broad SMARTS) is 1. The van der Waals surface area contributed by atoms with E-state index in [0.29, 0.717) is 6.04 Å². The first kappa shape index (κ1) is 19.7. The summed E-state index contributed by atoms with van der Waals surface area (Å²) in [6.45, 7) is 8.23. The minimum Gasteiger partial charge on any atom is -0.493 e. The molecule has 1 unspecified atom stereocenters. The molecule has 5 nitrogen and oxygen atoms in total. The van der Waals surface area contributed by atoms with Gasteiger partial charge in [0.1, 0.15) is 5.75 Å². The molecule has 5 heteroatoms. The first-order chi connectivity index (χ1) is 12.0. The van der Waals surface area contributed by atoms with Crippen molar-refractivity contribution in [1.29, 1.82) is 0 Å². The van der Waals surface area contributed by atoms with Gasteiger partial charge in [0.05, 0.1) is 13.2 Å². The summed E-state index contributed by atoms with van der Waals surface area (Å²) in [4.78, 5) is 15.3. The van der Waals surface area contributed by atoms with E-state index >= 15 is 0 Å². The van der Waals surface area contributed by atoms with Crippen LogP contribution in [0, 0.1) is 13.8 Å². The Morgan fingerprint density at radius 3 is 2.68 bits per heavy atom. The highest BCUT2D eigenvalue weighted by atomic mass is 16.5. The van der Waals surface area contributed by atoms with Gasteiger partial charge in [-0.05, 0) is 70.8 Å². The normalized spacial score (nSPS) is 19.0. The highest BCUT2D eigenvalue weighted by Crippen LogP contribution is 2.22. The van der Waals surface area contributed by atoms with Crippen LogP contribution in [0.5, 0.6) is 5.75 Å².